The largest absolute Gasteiger partial charge is 0.311 e. The smallest absolute Gasteiger partial charge is 0.0462 e. The molecule has 0 fully saturated rings. The van der Waals surface area contributed by atoms with Gasteiger partial charge in [-0.15, -0.1) is 0 Å². The van der Waals surface area contributed by atoms with Crippen molar-refractivity contribution in [1.29, 1.82) is 0 Å². The van der Waals surface area contributed by atoms with Crippen molar-refractivity contribution in [2.75, 3.05) is 4.90 Å². The van der Waals surface area contributed by atoms with Crippen LogP contribution >= 0.6 is 0 Å². The first-order chi connectivity index (χ1) is 31.2. The van der Waals surface area contributed by atoms with Gasteiger partial charge < -0.3 is 4.90 Å². The molecule has 0 N–H and O–H groups in total. The van der Waals surface area contributed by atoms with E-state index in [2.05, 4.69) is 266 Å². The van der Waals surface area contributed by atoms with Crippen LogP contribution in [0.25, 0.3) is 88.3 Å². The van der Waals surface area contributed by atoms with Gasteiger partial charge in [-0.05, 0) is 149 Å². The third-order valence-corrected chi connectivity index (χ3v) is 12.3. The van der Waals surface area contributed by atoms with Gasteiger partial charge in [0.2, 0.25) is 0 Å². The minimum atomic E-state index is 1.09. The van der Waals surface area contributed by atoms with Crippen molar-refractivity contribution in [3.63, 3.8) is 0 Å². The van der Waals surface area contributed by atoms with Gasteiger partial charge in [-0.2, -0.15) is 0 Å². The monoisotopic (exact) mass is 801 g/mol. The first-order valence-corrected chi connectivity index (χ1v) is 21.6. The molecule has 0 bridgehead atoms. The summed E-state index contributed by atoms with van der Waals surface area (Å²) in [5.41, 5.74) is 17.6. The van der Waals surface area contributed by atoms with Crippen LogP contribution in [0, 0.1) is 0 Å². The van der Waals surface area contributed by atoms with Gasteiger partial charge in [0.15, 0.2) is 0 Å². The molecule has 0 unspecified atom stereocenters. The van der Waals surface area contributed by atoms with Crippen LogP contribution < -0.4 is 4.90 Å². The average molecular weight is 802 g/mol. The molecule has 11 aromatic rings. The van der Waals surface area contributed by atoms with Crippen molar-refractivity contribution in [2.45, 2.75) is 0 Å². The Hall–Kier alpha value is -8.26. The Bertz CT molecular complexity index is 3350. The number of hydrogen-bond donors (Lipinski definition) is 0. The van der Waals surface area contributed by atoms with Crippen LogP contribution in [0.15, 0.2) is 261 Å². The van der Waals surface area contributed by atoms with Crippen molar-refractivity contribution >= 4 is 38.6 Å². The molecule has 0 aromatic heterocycles. The van der Waals surface area contributed by atoms with Gasteiger partial charge in [-0.25, -0.2) is 0 Å². The first-order valence-electron chi connectivity index (χ1n) is 21.6. The minimum Gasteiger partial charge on any atom is -0.311 e. The van der Waals surface area contributed by atoms with Crippen LogP contribution in [0.4, 0.5) is 17.1 Å². The summed E-state index contributed by atoms with van der Waals surface area (Å²) in [5.74, 6) is 0. The molecule has 0 aliphatic heterocycles. The van der Waals surface area contributed by atoms with Crippen molar-refractivity contribution in [3.05, 3.63) is 261 Å². The lowest BCUT2D eigenvalue weighted by Crippen LogP contribution is -2.09. The van der Waals surface area contributed by atoms with Crippen LogP contribution in [0.1, 0.15) is 0 Å². The second kappa shape index (κ2) is 16.7. The molecule has 0 spiro atoms. The fourth-order valence-corrected chi connectivity index (χ4v) is 8.92. The molecule has 0 amide bonds. The van der Waals surface area contributed by atoms with E-state index in [-0.39, 0.29) is 0 Å². The van der Waals surface area contributed by atoms with Crippen molar-refractivity contribution in [1.82, 2.24) is 0 Å². The van der Waals surface area contributed by atoms with Crippen LogP contribution in [-0.4, -0.2) is 0 Å². The summed E-state index contributed by atoms with van der Waals surface area (Å²) < 4.78 is 0. The summed E-state index contributed by atoms with van der Waals surface area (Å²) in [5, 5.41) is 5.00. The molecule has 1 nitrogen and oxygen atoms in total. The Morgan fingerprint density at radius 2 is 0.508 bits per heavy atom. The zero-order chi connectivity index (χ0) is 42.0. The molecule has 63 heavy (non-hydrogen) atoms. The van der Waals surface area contributed by atoms with E-state index >= 15 is 0 Å². The predicted octanol–water partition coefficient (Wildman–Crippen LogP) is 17.5. The summed E-state index contributed by atoms with van der Waals surface area (Å²) in [6, 6.07) is 94.7. The van der Waals surface area contributed by atoms with Gasteiger partial charge in [0.1, 0.15) is 0 Å². The van der Waals surface area contributed by atoms with E-state index in [1.165, 1.54) is 88.3 Å². The Kier molecular flexibility index (Phi) is 9.97. The molecule has 296 valence electrons. The third kappa shape index (κ3) is 7.69. The Morgan fingerprint density at radius 1 is 0.175 bits per heavy atom. The number of rotatable bonds is 9. The molecule has 0 radical (unpaired) electrons. The summed E-state index contributed by atoms with van der Waals surface area (Å²) in [7, 11) is 0. The van der Waals surface area contributed by atoms with E-state index in [0.29, 0.717) is 0 Å². The highest BCUT2D eigenvalue weighted by Gasteiger charge is 2.16. The summed E-state index contributed by atoms with van der Waals surface area (Å²) in [6.45, 7) is 0. The summed E-state index contributed by atoms with van der Waals surface area (Å²) in [4.78, 5) is 2.36. The Labute approximate surface area is 369 Å². The first kappa shape index (κ1) is 37.7. The van der Waals surface area contributed by atoms with Crippen molar-refractivity contribution in [2.24, 2.45) is 0 Å². The van der Waals surface area contributed by atoms with E-state index in [9.17, 15) is 0 Å². The molecule has 0 saturated carbocycles. The molecule has 0 aliphatic rings. The van der Waals surface area contributed by atoms with Gasteiger partial charge in [0, 0.05) is 17.1 Å². The number of nitrogens with zero attached hydrogens (tertiary/aromatic N) is 1. The van der Waals surface area contributed by atoms with E-state index in [1.54, 1.807) is 0 Å². The van der Waals surface area contributed by atoms with Crippen LogP contribution in [-0.2, 0) is 0 Å². The fraction of sp³-hybridized carbons (Fsp3) is 0. The van der Waals surface area contributed by atoms with E-state index in [4.69, 9.17) is 0 Å². The van der Waals surface area contributed by atoms with Crippen LogP contribution in [0.2, 0.25) is 0 Å². The third-order valence-electron chi connectivity index (χ3n) is 12.3. The Balaban J connectivity index is 0.969. The molecule has 11 rings (SSSR count). The maximum absolute atomic E-state index is 2.36. The van der Waals surface area contributed by atoms with Crippen molar-refractivity contribution < 1.29 is 0 Å². The van der Waals surface area contributed by atoms with Gasteiger partial charge in [0.25, 0.3) is 0 Å². The molecular formula is C62H43N. The van der Waals surface area contributed by atoms with E-state index in [1.807, 2.05) is 0 Å². The van der Waals surface area contributed by atoms with Crippen molar-refractivity contribution in [3.8, 4) is 66.8 Å². The molecule has 0 aliphatic carbocycles. The standard InChI is InChI=1S/C62H43N/c1-3-12-44(13-4-1)57-32-39-61(49-16-5-2-6-17-49)62(43-57)50-30-37-60(38-31-50)63(59-35-28-48(29-36-59)55-24-22-45-14-7-9-18-51(45)41-55)58-33-26-47(27-34-58)53-20-11-21-54(40-53)56-25-23-46-15-8-10-19-52(46)42-56/h1-43H. The zero-order valence-corrected chi connectivity index (χ0v) is 34.8. The highest BCUT2D eigenvalue weighted by Crippen LogP contribution is 2.41. The van der Waals surface area contributed by atoms with E-state index in [0.717, 1.165) is 17.1 Å². The lowest BCUT2D eigenvalue weighted by molar-refractivity contribution is 1.28. The summed E-state index contributed by atoms with van der Waals surface area (Å²) >= 11 is 0. The summed E-state index contributed by atoms with van der Waals surface area (Å²) in [6.07, 6.45) is 0. The zero-order valence-electron chi connectivity index (χ0n) is 34.8. The lowest BCUT2D eigenvalue weighted by atomic mass is 9.91. The van der Waals surface area contributed by atoms with Gasteiger partial charge in [-0.3, -0.25) is 0 Å². The number of fused-ring (bicyclic) bond motifs is 2. The molecule has 0 saturated heterocycles. The molecule has 0 atom stereocenters. The molecule has 0 heterocycles. The predicted molar refractivity (Wildman–Crippen MR) is 269 cm³/mol. The fourth-order valence-electron chi connectivity index (χ4n) is 8.92. The maximum Gasteiger partial charge on any atom is 0.0462 e. The van der Waals surface area contributed by atoms with Gasteiger partial charge in [0.05, 0.1) is 0 Å². The second-order valence-corrected chi connectivity index (χ2v) is 16.2. The average Bonchev–Trinajstić information content (AvgIpc) is 3.37. The molecule has 11 aromatic carbocycles. The van der Waals surface area contributed by atoms with E-state index < -0.39 is 0 Å². The minimum absolute atomic E-state index is 1.09. The van der Waals surface area contributed by atoms with Gasteiger partial charge in [-0.1, -0.05) is 200 Å². The molecule has 1 heteroatoms. The number of benzene rings is 11. The number of anilines is 3. The van der Waals surface area contributed by atoms with Crippen LogP contribution in [0.3, 0.4) is 0 Å². The highest BCUT2D eigenvalue weighted by molar-refractivity contribution is 5.91. The number of hydrogen-bond acceptors (Lipinski definition) is 1. The quantitative estimate of drug-likeness (QED) is 0.141. The maximum atomic E-state index is 2.36. The lowest BCUT2D eigenvalue weighted by Gasteiger charge is -2.26. The van der Waals surface area contributed by atoms with Crippen LogP contribution in [0.5, 0.6) is 0 Å². The molecular weight excluding hydrogens is 759 g/mol. The SMILES string of the molecule is c1ccc(-c2ccc(-c3ccccc3)c(-c3ccc(N(c4ccc(-c5cccc(-c6ccc7ccccc7c6)c5)cc4)c4ccc(-c5ccc6ccccc6c5)cc4)cc3)c2)cc1. The van der Waals surface area contributed by atoms with Gasteiger partial charge >= 0.3 is 0 Å². The Morgan fingerprint density at radius 3 is 1.05 bits per heavy atom. The topological polar surface area (TPSA) is 3.24 Å². The normalized spacial score (nSPS) is 11.2. The highest BCUT2D eigenvalue weighted by atomic mass is 15.1. The second-order valence-electron chi connectivity index (χ2n) is 16.2.